The summed E-state index contributed by atoms with van der Waals surface area (Å²) in [6.45, 7) is 8.62. The Balaban J connectivity index is 1.21. The molecule has 478 valence electrons. The van der Waals surface area contributed by atoms with Gasteiger partial charge in [-0.1, -0.05) is 106 Å². The maximum atomic E-state index is 15.4. The van der Waals surface area contributed by atoms with Crippen molar-refractivity contribution in [3.63, 3.8) is 0 Å². The summed E-state index contributed by atoms with van der Waals surface area (Å²) in [7, 11) is 7.89. The van der Waals surface area contributed by atoms with Gasteiger partial charge in [-0.25, -0.2) is 20.0 Å². The van der Waals surface area contributed by atoms with Crippen LogP contribution in [0.25, 0.3) is 0 Å². The number of hydrogen-bond acceptors (Lipinski definition) is 16. The van der Waals surface area contributed by atoms with Gasteiger partial charge in [-0.2, -0.15) is 0 Å². The average Bonchev–Trinajstić information content (AvgIpc) is 2.63. The number of nitrogens with one attached hydrogen (secondary N) is 1. The van der Waals surface area contributed by atoms with E-state index >= 15 is 9.59 Å². The fourth-order valence-electron chi connectivity index (χ4n) is 11.8. The molecular weight excluding hydrogens is 1140 g/mol. The Hall–Kier alpha value is -8.23. The predicted octanol–water partition coefficient (Wildman–Crippen LogP) is 7.98. The number of rotatable bonds is 10. The first kappa shape index (κ1) is 68.3. The van der Waals surface area contributed by atoms with Gasteiger partial charge in [-0.3, -0.25) is 33.6 Å². The highest BCUT2D eigenvalue weighted by molar-refractivity contribution is 6.39. The fourth-order valence-corrected chi connectivity index (χ4v) is 11.8. The maximum Gasteiger partial charge on any atom is 0.330 e. The van der Waals surface area contributed by atoms with Crippen molar-refractivity contribution in [2.75, 3.05) is 68.2 Å². The number of ether oxygens (including phenoxy) is 5. The largest absolute Gasteiger partial charge is 0.493 e. The Morgan fingerprint density at radius 3 is 2.04 bits per heavy atom. The number of aryl methyl sites for hydroxylation is 1. The average molecular weight is 1230 g/mol. The lowest BCUT2D eigenvalue weighted by Gasteiger charge is -2.39. The first-order chi connectivity index (χ1) is 42.5. The SMILES string of the molecule is COc1ccc(CC[C@H]2OC(=O)[C@@H]3CCCCN3C(=O)C(=O)C(C)(C)COC(=O)/C=C/CCN(C)NC(c3ccccc3)C(=O)N(C)[C@@H]([C@@H](C)c3ccccc3)C(=O)N3CCC[C@@H]3C(=O)N(C)[C@@H](CC(C)C)C(=O)C(=O)CCOc3cccc2c3)cc1OC. The molecule has 0 aromatic heterocycles. The van der Waals surface area contributed by atoms with Crippen LogP contribution in [0.4, 0.5) is 0 Å². The third-order valence-corrected chi connectivity index (χ3v) is 17.0. The lowest BCUT2D eigenvalue weighted by Crippen LogP contribution is -2.58. The maximum absolute atomic E-state index is 15.4. The van der Waals surface area contributed by atoms with Crippen LogP contribution in [0.2, 0.25) is 0 Å². The van der Waals surface area contributed by atoms with Crippen molar-refractivity contribution in [1.29, 1.82) is 0 Å². The van der Waals surface area contributed by atoms with Crippen molar-refractivity contribution in [3.8, 4) is 17.2 Å². The summed E-state index contributed by atoms with van der Waals surface area (Å²) in [4.78, 5) is 136. The second kappa shape index (κ2) is 31.8. The summed E-state index contributed by atoms with van der Waals surface area (Å²) >= 11 is 0. The lowest BCUT2D eigenvalue weighted by atomic mass is 9.87. The monoisotopic (exact) mass is 1220 g/mol. The molecule has 7 rings (SSSR count). The van der Waals surface area contributed by atoms with Crippen LogP contribution in [-0.2, 0) is 59.0 Å². The van der Waals surface area contributed by atoms with Crippen LogP contribution in [-0.4, -0.2) is 170 Å². The van der Waals surface area contributed by atoms with Gasteiger partial charge in [0.05, 0.1) is 32.3 Å². The number of benzene rings is 4. The molecule has 2 fully saturated rings. The Kier molecular flexibility index (Phi) is 24.4. The summed E-state index contributed by atoms with van der Waals surface area (Å²) in [5.41, 5.74) is 4.61. The molecule has 0 spiro atoms. The summed E-state index contributed by atoms with van der Waals surface area (Å²) in [6.07, 6.45) is 4.82. The normalized spacial score (nSPS) is 24.0. The van der Waals surface area contributed by atoms with E-state index in [0.29, 0.717) is 73.4 Å². The third kappa shape index (κ3) is 17.6. The second-order valence-corrected chi connectivity index (χ2v) is 24.4. The van der Waals surface area contributed by atoms with Crippen molar-refractivity contribution in [1.82, 2.24) is 30.0 Å². The number of nitrogens with zero attached hydrogens (tertiary/aromatic N) is 5. The van der Waals surface area contributed by atoms with Crippen molar-refractivity contribution < 1.29 is 66.8 Å². The van der Waals surface area contributed by atoms with Gasteiger partial charge in [0.1, 0.15) is 42.6 Å². The molecule has 20 heteroatoms. The number of hydrazine groups is 1. The highest BCUT2D eigenvalue weighted by Crippen LogP contribution is 2.35. The zero-order valence-electron chi connectivity index (χ0n) is 53.1. The van der Waals surface area contributed by atoms with Crippen LogP contribution < -0.4 is 19.6 Å². The topological polar surface area (TPSA) is 228 Å². The third-order valence-electron chi connectivity index (χ3n) is 17.0. The molecule has 20 nitrogen and oxygen atoms in total. The smallest absolute Gasteiger partial charge is 0.330 e. The molecule has 89 heavy (non-hydrogen) atoms. The van der Waals surface area contributed by atoms with E-state index in [-0.39, 0.29) is 51.3 Å². The first-order valence-electron chi connectivity index (χ1n) is 30.9. The summed E-state index contributed by atoms with van der Waals surface area (Å²) < 4.78 is 29.1. The van der Waals surface area contributed by atoms with Gasteiger partial charge in [-0.15, -0.1) is 0 Å². The number of methoxy groups -OCH3 is 2. The zero-order valence-corrected chi connectivity index (χ0v) is 53.1. The van der Waals surface area contributed by atoms with Crippen LogP contribution in [0, 0.1) is 11.3 Å². The molecule has 3 heterocycles. The van der Waals surface area contributed by atoms with Gasteiger partial charge < -0.3 is 43.3 Å². The van der Waals surface area contributed by atoms with Gasteiger partial charge >= 0.3 is 11.9 Å². The molecule has 1 unspecified atom stereocenters. The predicted molar refractivity (Wildman–Crippen MR) is 333 cm³/mol. The number of ketones is 3. The molecule has 4 aromatic rings. The summed E-state index contributed by atoms with van der Waals surface area (Å²) in [5.74, 6) is -5.48. The number of carbonyl (C=O) groups excluding carboxylic acids is 9. The Labute approximate surface area is 523 Å². The van der Waals surface area contributed by atoms with Crippen LogP contribution in [0.5, 0.6) is 17.2 Å². The lowest BCUT2D eigenvalue weighted by molar-refractivity contribution is -0.165. The highest BCUT2D eigenvalue weighted by Gasteiger charge is 2.46. The fraction of sp³-hybridized carbons (Fsp3) is 0.493. The minimum Gasteiger partial charge on any atom is -0.493 e. The van der Waals surface area contributed by atoms with Gasteiger partial charge in [0.15, 0.2) is 11.5 Å². The molecule has 3 aliphatic heterocycles. The van der Waals surface area contributed by atoms with Crippen molar-refractivity contribution in [2.24, 2.45) is 11.3 Å². The molecule has 2 bridgehead atoms. The highest BCUT2D eigenvalue weighted by atomic mass is 16.5. The van der Waals surface area contributed by atoms with Crippen LogP contribution >= 0.6 is 0 Å². The second-order valence-electron chi connectivity index (χ2n) is 24.4. The number of amides is 4. The van der Waals surface area contributed by atoms with E-state index in [9.17, 15) is 33.6 Å². The van der Waals surface area contributed by atoms with Crippen molar-refractivity contribution in [2.45, 2.75) is 141 Å². The number of carbonyl (C=O) groups is 9. The Morgan fingerprint density at radius 2 is 1.35 bits per heavy atom. The number of esters is 2. The van der Waals surface area contributed by atoms with Gasteiger partial charge in [-0.05, 0) is 124 Å². The molecule has 0 saturated carbocycles. The standard InChI is InChI=1S/C69H88N6O14/c1-45(2)41-54-62(78)55(76)36-40-87-51-28-21-27-50(43-51)56(34-32-47-33-35-57(85-9)58(42-47)86-10)89-68(84)53-29-17-20-38-75(53)67(83)63(79)69(4,5)44-88-59(77)31-18-19-37-71(6)70-60(49-25-15-12-16-26-49)65(81)73(8)61(46(3)48-23-13-11-14-24-48)66(82)74-39-22-30-52(74)64(80)72(54)7/h11-16,18,21,23-28,31,33,35,42-43,45-46,52-54,56,60-61,70H,17,19-20,22,29-30,32,34,36-41,44H2,1-10H3/b31-18+/t46-,52+,53-,54-,56+,60?,61-/m0/s1. The number of Topliss-reactive ketones (excluding diaryl/α,β-unsaturated/α-hetero) is 3. The van der Waals surface area contributed by atoms with Gasteiger partial charge in [0.25, 0.3) is 5.91 Å². The molecule has 4 aromatic carbocycles. The quantitative estimate of drug-likeness (QED) is 0.117. The molecule has 0 radical (unpaired) electrons. The number of hydrogen-bond donors (Lipinski definition) is 1. The van der Waals surface area contributed by atoms with Crippen molar-refractivity contribution >= 4 is 52.9 Å². The van der Waals surface area contributed by atoms with E-state index in [2.05, 4.69) is 5.43 Å². The van der Waals surface area contributed by atoms with E-state index in [1.807, 2.05) is 69.3 Å². The molecule has 1 N–H and O–H groups in total. The van der Waals surface area contributed by atoms with E-state index < -0.39 is 107 Å². The Bertz CT molecular complexity index is 3170. The zero-order chi connectivity index (χ0) is 64.5. The van der Waals surface area contributed by atoms with Crippen LogP contribution in [0.15, 0.2) is 115 Å². The first-order valence-corrected chi connectivity index (χ1v) is 30.9. The van der Waals surface area contributed by atoms with E-state index in [1.165, 1.54) is 60.8 Å². The van der Waals surface area contributed by atoms with E-state index in [1.54, 1.807) is 79.8 Å². The van der Waals surface area contributed by atoms with Gasteiger partial charge in [0.2, 0.25) is 35.1 Å². The molecular formula is C69H88N6O14. The number of cyclic esters (lactones) is 2. The summed E-state index contributed by atoms with van der Waals surface area (Å²) in [5, 5.41) is 1.70. The van der Waals surface area contributed by atoms with E-state index in [4.69, 9.17) is 23.7 Å². The van der Waals surface area contributed by atoms with Crippen LogP contribution in [0.3, 0.4) is 0 Å². The van der Waals surface area contributed by atoms with Crippen LogP contribution in [0.1, 0.15) is 133 Å². The van der Waals surface area contributed by atoms with Crippen molar-refractivity contribution in [3.05, 3.63) is 138 Å². The number of fused-ring (bicyclic) bond motifs is 4. The van der Waals surface area contributed by atoms with Gasteiger partial charge in [0, 0.05) is 59.2 Å². The molecule has 3 aliphatic rings. The minimum absolute atomic E-state index is 0.113. The Morgan fingerprint density at radius 1 is 0.674 bits per heavy atom. The number of piperidine rings is 1. The molecule has 4 amide bonds. The number of likely N-dealkylation sites (N-methyl/N-ethyl adjacent to an activating group) is 2. The van der Waals surface area contributed by atoms with E-state index in [0.717, 1.165) is 11.1 Å². The molecule has 2 saturated heterocycles. The summed E-state index contributed by atoms with van der Waals surface area (Å²) in [6, 6.07) is 25.3. The molecule has 7 atom stereocenters. The minimum atomic E-state index is -1.48. The molecule has 0 aliphatic carbocycles.